The van der Waals surface area contributed by atoms with E-state index in [4.69, 9.17) is 11.6 Å². The van der Waals surface area contributed by atoms with E-state index in [9.17, 15) is 13.6 Å². The van der Waals surface area contributed by atoms with Crippen molar-refractivity contribution in [2.45, 2.75) is 6.04 Å². The molecule has 1 aromatic heterocycles. The first kappa shape index (κ1) is 13.6. The highest BCUT2D eigenvalue weighted by Crippen LogP contribution is 2.19. The van der Waals surface area contributed by atoms with Crippen molar-refractivity contribution >= 4 is 23.2 Å². The molecule has 4 nitrogen and oxygen atoms in total. The predicted octanol–water partition coefficient (Wildman–Crippen LogP) is 1.81. The van der Waals surface area contributed by atoms with E-state index in [1.807, 2.05) is 0 Å². The van der Waals surface area contributed by atoms with Gasteiger partial charge in [-0.15, -0.1) is 0 Å². The van der Waals surface area contributed by atoms with E-state index >= 15 is 0 Å². The van der Waals surface area contributed by atoms with Crippen LogP contribution >= 0.6 is 11.6 Å². The zero-order valence-corrected chi connectivity index (χ0v) is 9.89. The second-order valence-electron chi connectivity index (χ2n) is 3.28. The minimum Gasteiger partial charge on any atom is -0.376 e. The third kappa shape index (κ3) is 3.52. The Bertz CT molecular complexity index is 399. The van der Waals surface area contributed by atoms with E-state index in [-0.39, 0.29) is 16.4 Å². The number of carbonyl (C=O) groups is 1. The number of nitrogens with one attached hydrogen (secondary N) is 2. The molecule has 1 amide bonds. The average Bonchev–Trinajstić information content (AvgIpc) is 2.35. The standard InChI is InChI=1S/C10H12ClF2N3O/c1-14-10(17)7-5-15-9(11)2-8(7)16-6(3-12)4-13/h2,5-6H,3-4H2,1H3,(H,14,17)(H,15,16). The van der Waals surface area contributed by atoms with Crippen molar-refractivity contribution in [3.05, 3.63) is 23.0 Å². The largest absolute Gasteiger partial charge is 0.376 e. The van der Waals surface area contributed by atoms with Crippen LogP contribution in [0.5, 0.6) is 0 Å². The van der Waals surface area contributed by atoms with Gasteiger partial charge in [-0.25, -0.2) is 13.8 Å². The number of hydrogen-bond donors (Lipinski definition) is 2. The Morgan fingerprint density at radius 1 is 1.53 bits per heavy atom. The van der Waals surface area contributed by atoms with Gasteiger partial charge in [0.1, 0.15) is 18.5 Å². The van der Waals surface area contributed by atoms with Gasteiger partial charge < -0.3 is 10.6 Å². The minimum absolute atomic E-state index is 0.136. The maximum atomic E-state index is 12.4. The van der Waals surface area contributed by atoms with Gasteiger partial charge in [-0.1, -0.05) is 11.6 Å². The highest BCUT2D eigenvalue weighted by molar-refractivity contribution is 6.29. The molecule has 0 aliphatic carbocycles. The average molecular weight is 264 g/mol. The van der Waals surface area contributed by atoms with Gasteiger partial charge >= 0.3 is 0 Å². The normalized spacial score (nSPS) is 10.4. The van der Waals surface area contributed by atoms with E-state index in [0.29, 0.717) is 0 Å². The molecule has 0 radical (unpaired) electrons. The van der Waals surface area contributed by atoms with Crippen molar-refractivity contribution in [2.24, 2.45) is 0 Å². The number of aromatic nitrogens is 1. The smallest absolute Gasteiger partial charge is 0.254 e. The molecule has 1 rings (SSSR count). The number of nitrogens with zero attached hydrogens (tertiary/aromatic N) is 1. The number of amides is 1. The Balaban J connectivity index is 3.02. The van der Waals surface area contributed by atoms with Gasteiger partial charge in [0.2, 0.25) is 0 Å². The summed E-state index contributed by atoms with van der Waals surface area (Å²) in [6, 6.07) is 0.349. The Morgan fingerprint density at radius 2 is 2.18 bits per heavy atom. The van der Waals surface area contributed by atoms with Gasteiger partial charge in [-0.2, -0.15) is 0 Å². The number of anilines is 1. The van der Waals surface area contributed by atoms with Crippen molar-refractivity contribution < 1.29 is 13.6 Å². The quantitative estimate of drug-likeness (QED) is 0.797. The van der Waals surface area contributed by atoms with Crippen LogP contribution in [0, 0.1) is 0 Å². The van der Waals surface area contributed by atoms with Crippen LogP contribution in [0.15, 0.2) is 12.3 Å². The number of hydrogen-bond acceptors (Lipinski definition) is 3. The van der Waals surface area contributed by atoms with Crippen molar-refractivity contribution in [1.29, 1.82) is 0 Å². The predicted molar refractivity (Wildman–Crippen MR) is 62.0 cm³/mol. The van der Waals surface area contributed by atoms with Crippen LogP contribution in [0.4, 0.5) is 14.5 Å². The summed E-state index contributed by atoms with van der Waals surface area (Å²) in [6.45, 7) is -1.77. The Morgan fingerprint density at radius 3 is 2.71 bits per heavy atom. The van der Waals surface area contributed by atoms with Gasteiger partial charge in [0.15, 0.2) is 0 Å². The molecule has 0 unspecified atom stereocenters. The van der Waals surface area contributed by atoms with Crippen molar-refractivity contribution in [3.8, 4) is 0 Å². The molecule has 0 aliphatic heterocycles. The molecule has 0 fully saturated rings. The van der Waals surface area contributed by atoms with Gasteiger partial charge in [-0.3, -0.25) is 4.79 Å². The molecule has 2 N–H and O–H groups in total. The first-order valence-corrected chi connectivity index (χ1v) is 5.26. The van der Waals surface area contributed by atoms with Crippen molar-refractivity contribution in [1.82, 2.24) is 10.3 Å². The summed E-state index contributed by atoms with van der Waals surface area (Å²) in [5.74, 6) is -0.409. The monoisotopic (exact) mass is 263 g/mol. The Hall–Kier alpha value is -1.43. The Labute approximate surface area is 102 Å². The first-order valence-electron chi connectivity index (χ1n) is 4.88. The summed E-state index contributed by atoms with van der Waals surface area (Å²) < 4.78 is 24.8. The van der Waals surface area contributed by atoms with Crippen molar-refractivity contribution in [3.63, 3.8) is 0 Å². The van der Waals surface area contributed by atoms with Crippen LogP contribution in [0.3, 0.4) is 0 Å². The molecule has 0 saturated carbocycles. The number of alkyl halides is 2. The Kier molecular flexibility index (Phi) is 5.09. The molecule has 1 aromatic rings. The van der Waals surface area contributed by atoms with E-state index in [1.54, 1.807) is 0 Å². The molecular formula is C10H12ClF2N3O. The number of rotatable bonds is 5. The topological polar surface area (TPSA) is 54.0 Å². The fourth-order valence-corrected chi connectivity index (χ4v) is 1.36. The van der Waals surface area contributed by atoms with Crippen LogP contribution in [0.1, 0.15) is 10.4 Å². The maximum absolute atomic E-state index is 12.4. The molecule has 17 heavy (non-hydrogen) atoms. The lowest BCUT2D eigenvalue weighted by Gasteiger charge is -2.15. The fourth-order valence-electron chi connectivity index (χ4n) is 1.20. The van der Waals surface area contributed by atoms with E-state index < -0.39 is 25.3 Å². The van der Waals surface area contributed by atoms with Crippen LogP contribution in [-0.2, 0) is 0 Å². The van der Waals surface area contributed by atoms with Crippen LogP contribution in [0.25, 0.3) is 0 Å². The van der Waals surface area contributed by atoms with Crippen LogP contribution < -0.4 is 10.6 Å². The van der Waals surface area contributed by atoms with Gasteiger partial charge in [0.05, 0.1) is 17.3 Å². The summed E-state index contributed by atoms with van der Waals surface area (Å²) >= 11 is 5.66. The molecule has 0 bridgehead atoms. The van der Waals surface area contributed by atoms with Gasteiger partial charge in [0.25, 0.3) is 5.91 Å². The zero-order chi connectivity index (χ0) is 12.8. The van der Waals surface area contributed by atoms with Gasteiger partial charge in [-0.05, 0) is 6.07 Å². The summed E-state index contributed by atoms with van der Waals surface area (Å²) in [4.78, 5) is 15.2. The highest BCUT2D eigenvalue weighted by atomic mass is 35.5. The van der Waals surface area contributed by atoms with Gasteiger partial charge in [0, 0.05) is 13.2 Å². The molecule has 1 heterocycles. The lowest BCUT2D eigenvalue weighted by Crippen LogP contribution is -2.27. The number of pyridine rings is 1. The van der Waals surface area contributed by atoms with E-state index in [1.165, 1.54) is 19.3 Å². The lowest BCUT2D eigenvalue weighted by molar-refractivity contribution is 0.0963. The molecule has 0 atom stereocenters. The van der Waals surface area contributed by atoms with Crippen molar-refractivity contribution in [2.75, 3.05) is 25.7 Å². The first-order chi connectivity index (χ1) is 8.12. The summed E-state index contributed by atoms with van der Waals surface area (Å²) in [5, 5.41) is 5.10. The zero-order valence-electron chi connectivity index (χ0n) is 9.14. The molecule has 0 spiro atoms. The summed E-state index contributed by atoms with van der Waals surface area (Å²) in [5.41, 5.74) is 0.438. The van der Waals surface area contributed by atoms with Crippen LogP contribution in [-0.4, -0.2) is 37.3 Å². The maximum Gasteiger partial charge on any atom is 0.254 e. The second kappa shape index (κ2) is 6.34. The minimum atomic E-state index is -1.00. The lowest BCUT2D eigenvalue weighted by atomic mass is 10.2. The fraction of sp³-hybridized carbons (Fsp3) is 0.400. The SMILES string of the molecule is CNC(=O)c1cnc(Cl)cc1NC(CF)CF. The summed E-state index contributed by atoms with van der Waals surface area (Å²) in [6.07, 6.45) is 1.25. The second-order valence-corrected chi connectivity index (χ2v) is 3.67. The molecule has 7 heteroatoms. The van der Waals surface area contributed by atoms with Crippen LogP contribution in [0.2, 0.25) is 5.15 Å². The molecule has 0 aliphatic rings. The number of halogens is 3. The molecule has 0 aromatic carbocycles. The third-order valence-corrected chi connectivity index (χ3v) is 2.28. The van der Waals surface area contributed by atoms with E-state index in [2.05, 4.69) is 15.6 Å². The molecule has 94 valence electrons. The highest BCUT2D eigenvalue weighted by Gasteiger charge is 2.15. The number of carbonyl (C=O) groups excluding carboxylic acids is 1. The third-order valence-electron chi connectivity index (χ3n) is 2.07. The van der Waals surface area contributed by atoms with E-state index in [0.717, 1.165) is 0 Å². The molecule has 0 saturated heterocycles. The molecular weight excluding hydrogens is 252 g/mol. The summed E-state index contributed by atoms with van der Waals surface area (Å²) in [7, 11) is 1.45.